The third-order valence-electron chi connectivity index (χ3n) is 7.44. The van der Waals surface area contributed by atoms with Crippen molar-refractivity contribution >= 4 is 39.3 Å². The molecule has 1 saturated heterocycles. The minimum Gasteiger partial charge on any atom is -0.491 e. The minimum atomic E-state index is -0.523. The van der Waals surface area contributed by atoms with Crippen molar-refractivity contribution in [3.05, 3.63) is 63.2 Å². The molecule has 0 bridgehead atoms. The highest BCUT2D eigenvalue weighted by atomic mass is 79.9. The molecule has 0 spiro atoms. The summed E-state index contributed by atoms with van der Waals surface area (Å²) in [4.78, 5) is 54.2. The van der Waals surface area contributed by atoms with E-state index in [0.29, 0.717) is 36.3 Å². The molecule has 35 heavy (non-hydrogen) atoms. The smallest absolute Gasteiger partial charge is 0.233 e. The first kappa shape index (κ1) is 23.9. The van der Waals surface area contributed by atoms with Crippen LogP contribution in [0.3, 0.4) is 0 Å². The molecule has 182 valence electrons. The number of carbonyl (C=O) groups is 4. The van der Waals surface area contributed by atoms with Gasteiger partial charge in [0.25, 0.3) is 0 Å². The first-order valence-corrected chi connectivity index (χ1v) is 12.7. The molecule has 4 unspecified atom stereocenters. The number of ketones is 2. The normalized spacial score (nSPS) is 27.9. The summed E-state index contributed by atoms with van der Waals surface area (Å²) in [5.74, 6) is -1.93. The summed E-state index contributed by atoms with van der Waals surface area (Å²) in [6, 6.07) is 7.26. The lowest BCUT2D eigenvalue weighted by Crippen LogP contribution is -2.39. The summed E-state index contributed by atoms with van der Waals surface area (Å²) >= 11 is 3.24. The van der Waals surface area contributed by atoms with Crippen molar-refractivity contribution in [2.75, 3.05) is 19.8 Å². The fourth-order valence-corrected chi connectivity index (χ4v) is 6.46. The molecule has 2 amide bonds. The van der Waals surface area contributed by atoms with Crippen LogP contribution in [-0.4, -0.2) is 53.1 Å². The van der Waals surface area contributed by atoms with Gasteiger partial charge in [0.15, 0.2) is 11.6 Å². The maximum Gasteiger partial charge on any atom is 0.233 e. The summed E-state index contributed by atoms with van der Waals surface area (Å²) in [5.41, 5.74) is 2.62. The zero-order valence-corrected chi connectivity index (χ0v) is 20.9. The average Bonchev–Trinajstić information content (AvgIpc) is 3.10. The highest BCUT2D eigenvalue weighted by Gasteiger charge is 2.56. The number of carbonyl (C=O) groups excluding carboxylic acids is 4. The molecular weight excluding hydrogens is 514 g/mol. The van der Waals surface area contributed by atoms with Crippen LogP contribution in [0.25, 0.3) is 0 Å². The van der Waals surface area contributed by atoms with E-state index in [9.17, 15) is 19.2 Å². The molecule has 1 aromatic rings. The van der Waals surface area contributed by atoms with Crippen LogP contribution in [0.1, 0.15) is 37.7 Å². The van der Waals surface area contributed by atoms with Crippen molar-refractivity contribution in [2.45, 2.75) is 32.1 Å². The number of fused-ring (bicyclic) bond motifs is 3. The summed E-state index contributed by atoms with van der Waals surface area (Å²) in [6.07, 6.45) is 4.74. The van der Waals surface area contributed by atoms with E-state index in [0.717, 1.165) is 11.1 Å². The number of benzene rings is 1. The van der Waals surface area contributed by atoms with E-state index < -0.39 is 17.8 Å². The Balaban J connectivity index is 1.60. The van der Waals surface area contributed by atoms with Gasteiger partial charge >= 0.3 is 0 Å². The van der Waals surface area contributed by atoms with Crippen LogP contribution in [0.5, 0.6) is 5.75 Å². The molecule has 1 fully saturated rings. The predicted octanol–water partition coefficient (Wildman–Crippen LogP) is 3.23. The molecule has 1 aromatic carbocycles. The predicted molar refractivity (Wildman–Crippen MR) is 131 cm³/mol. The van der Waals surface area contributed by atoms with E-state index in [-0.39, 0.29) is 53.4 Å². The second-order valence-electron chi connectivity index (χ2n) is 9.36. The molecular formula is C27H26BrNO6. The summed E-state index contributed by atoms with van der Waals surface area (Å²) in [7, 11) is 0. The van der Waals surface area contributed by atoms with E-state index >= 15 is 0 Å². The first-order chi connectivity index (χ1) is 16.9. The van der Waals surface area contributed by atoms with E-state index in [2.05, 4.69) is 15.9 Å². The van der Waals surface area contributed by atoms with E-state index in [4.69, 9.17) is 9.84 Å². The summed E-state index contributed by atoms with van der Waals surface area (Å²) in [6.45, 7) is 2.40. The average molecular weight is 540 g/mol. The van der Waals surface area contributed by atoms with Crippen molar-refractivity contribution in [1.29, 1.82) is 0 Å². The van der Waals surface area contributed by atoms with E-state index in [1.54, 1.807) is 12.1 Å². The Kier molecular flexibility index (Phi) is 6.36. The second kappa shape index (κ2) is 9.32. The first-order valence-electron chi connectivity index (χ1n) is 11.9. The Morgan fingerprint density at radius 3 is 2.51 bits per heavy atom. The van der Waals surface area contributed by atoms with Gasteiger partial charge in [-0.15, -0.1) is 0 Å². The number of halogens is 1. The fraction of sp³-hybridized carbons (Fsp3) is 0.407. The lowest BCUT2D eigenvalue weighted by atomic mass is 9.59. The molecule has 4 atom stereocenters. The molecule has 3 aliphatic carbocycles. The van der Waals surface area contributed by atoms with Gasteiger partial charge in [-0.1, -0.05) is 30.7 Å². The largest absolute Gasteiger partial charge is 0.491 e. The van der Waals surface area contributed by atoms with Gasteiger partial charge in [0.1, 0.15) is 12.4 Å². The van der Waals surface area contributed by atoms with Gasteiger partial charge in [0, 0.05) is 29.7 Å². The molecule has 0 radical (unpaired) electrons. The quantitative estimate of drug-likeness (QED) is 0.338. The monoisotopic (exact) mass is 539 g/mol. The van der Waals surface area contributed by atoms with Crippen LogP contribution in [0.15, 0.2) is 57.6 Å². The van der Waals surface area contributed by atoms with Crippen LogP contribution < -0.4 is 4.74 Å². The van der Waals surface area contributed by atoms with Gasteiger partial charge in [-0.05, 0) is 58.8 Å². The standard InChI is InChI=1S/C27H26BrNO6/c1-2-9-29-26(33)17-8-7-16-18(23(17)27(29)34)12-19-24(21(31)13-20(28)25(19)32)22(16)14-3-5-15(6-4-14)35-11-10-30/h3-7,13,17-18,22-23,30H,2,8-12H2,1H3. The van der Waals surface area contributed by atoms with Gasteiger partial charge in [-0.25, -0.2) is 0 Å². The Labute approximate surface area is 211 Å². The maximum absolute atomic E-state index is 13.4. The molecule has 1 heterocycles. The van der Waals surface area contributed by atoms with Crippen LogP contribution in [0, 0.1) is 17.8 Å². The van der Waals surface area contributed by atoms with Crippen LogP contribution in [-0.2, 0) is 19.2 Å². The number of imide groups is 1. The summed E-state index contributed by atoms with van der Waals surface area (Å²) < 4.78 is 5.70. The Bertz CT molecular complexity index is 1210. The number of nitrogens with zero attached hydrogens (tertiary/aromatic N) is 1. The molecule has 1 N–H and O–H groups in total. The maximum atomic E-state index is 13.4. The van der Waals surface area contributed by atoms with Gasteiger partial charge < -0.3 is 9.84 Å². The number of aliphatic hydroxyl groups excluding tert-OH is 1. The topological polar surface area (TPSA) is 101 Å². The minimum absolute atomic E-state index is 0.0998. The van der Waals surface area contributed by atoms with E-state index in [1.165, 1.54) is 11.0 Å². The van der Waals surface area contributed by atoms with Crippen LogP contribution >= 0.6 is 15.9 Å². The lowest BCUT2D eigenvalue weighted by Gasteiger charge is -2.42. The van der Waals surface area contributed by atoms with Gasteiger partial charge in [-0.3, -0.25) is 24.1 Å². The van der Waals surface area contributed by atoms with Crippen molar-refractivity contribution in [3.63, 3.8) is 0 Å². The van der Waals surface area contributed by atoms with Gasteiger partial charge in [-0.2, -0.15) is 0 Å². The van der Waals surface area contributed by atoms with Crippen LogP contribution in [0.2, 0.25) is 0 Å². The Morgan fingerprint density at radius 2 is 1.83 bits per heavy atom. The lowest BCUT2D eigenvalue weighted by molar-refractivity contribution is -0.140. The number of hydrogen-bond acceptors (Lipinski definition) is 6. The highest BCUT2D eigenvalue weighted by molar-refractivity contribution is 9.12. The molecule has 4 aliphatic rings. The molecule has 7 nitrogen and oxygen atoms in total. The van der Waals surface area contributed by atoms with Crippen LogP contribution in [0.4, 0.5) is 0 Å². The second-order valence-corrected chi connectivity index (χ2v) is 10.2. The highest BCUT2D eigenvalue weighted by Crippen LogP contribution is 2.55. The SMILES string of the molecule is CCCN1C(=O)C2CC=C3C(c4ccc(OCCO)cc4)C4=C(CC3C2C1=O)C(=O)C(Br)=CC4=O. The number of Topliss-reactive ketones (excluding diaryl/α,β-unsaturated/α-hetero) is 1. The number of hydrogen-bond donors (Lipinski definition) is 1. The van der Waals surface area contributed by atoms with Crippen molar-refractivity contribution < 1.29 is 29.0 Å². The number of allylic oxidation sites excluding steroid dienone is 6. The molecule has 5 rings (SSSR count). The van der Waals surface area contributed by atoms with Gasteiger partial charge in [0.05, 0.1) is 22.9 Å². The van der Waals surface area contributed by atoms with Crippen molar-refractivity contribution in [1.82, 2.24) is 4.90 Å². The number of aliphatic hydroxyl groups is 1. The van der Waals surface area contributed by atoms with Crippen molar-refractivity contribution in [2.24, 2.45) is 17.8 Å². The number of ether oxygens (including phenoxy) is 1. The molecule has 8 heteroatoms. The van der Waals surface area contributed by atoms with Gasteiger partial charge in [0.2, 0.25) is 11.8 Å². The third-order valence-corrected chi connectivity index (χ3v) is 8.03. The third kappa shape index (κ3) is 3.83. The molecule has 0 aromatic heterocycles. The fourth-order valence-electron chi connectivity index (χ4n) is 6.02. The van der Waals surface area contributed by atoms with E-state index in [1.807, 2.05) is 25.1 Å². The number of amides is 2. The van der Waals surface area contributed by atoms with Crippen molar-refractivity contribution in [3.8, 4) is 5.75 Å². The number of rotatable bonds is 6. The Hall–Kier alpha value is -2.84. The Morgan fingerprint density at radius 1 is 1.09 bits per heavy atom. The zero-order valence-electron chi connectivity index (χ0n) is 19.3. The molecule has 1 aliphatic heterocycles. The zero-order chi connectivity index (χ0) is 24.9. The summed E-state index contributed by atoms with van der Waals surface area (Å²) in [5, 5.41) is 9.02. The number of likely N-dealkylation sites (tertiary alicyclic amines) is 1. The molecule has 0 saturated carbocycles.